The van der Waals surface area contributed by atoms with Crippen LogP contribution in [0.25, 0.3) is 0 Å². The van der Waals surface area contributed by atoms with E-state index < -0.39 is 0 Å². The zero-order valence-electron chi connectivity index (χ0n) is 13.8. The van der Waals surface area contributed by atoms with Crippen LogP contribution in [-0.4, -0.2) is 43.5 Å². The molecule has 126 valence electrons. The fourth-order valence-corrected chi connectivity index (χ4v) is 4.69. The van der Waals surface area contributed by atoms with E-state index in [0.717, 1.165) is 56.7 Å². The Bertz CT molecular complexity index is 603. The van der Waals surface area contributed by atoms with Gasteiger partial charge in [-0.2, -0.15) is 0 Å². The highest BCUT2D eigenvalue weighted by atomic mass is 32.1. The molecule has 0 atom stereocenters. The van der Waals surface area contributed by atoms with E-state index >= 15 is 0 Å². The molecule has 0 saturated carbocycles. The minimum absolute atomic E-state index is 0.0374. The van der Waals surface area contributed by atoms with Gasteiger partial charge < -0.3 is 10.1 Å². The number of ether oxygens (including phenoxy) is 1. The van der Waals surface area contributed by atoms with Crippen LogP contribution in [0.5, 0.6) is 0 Å². The Hall–Kier alpha value is -1.40. The molecule has 23 heavy (non-hydrogen) atoms. The number of thiophene rings is 1. The van der Waals surface area contributed by atoms with Crippen LogP contribution in [0.3, 0.4) is 0 Å². The van der Waals surface area contributed by atoms with Crippen LogP contribution in [0.15, 0.2) is 0 Å². The van der Waals surface area contributed by atoms with E-state index in [1.165, 1.54) is 23.3 Å². The summed E-state index contributed by atoms with van der Waals surface area (Å²) >= 11 is 1.53. The smallest absolute Gasteiger partial charge is 0.341 e. The van der Waals surface area contributed by atoms with Gasteiger partial charge in [-0.1, -0.05) is 6.92 Å². The Balaban J connectivity index is 1.68. The number of nitrogens with one attached hydrogen (secondary N) is 1. The van der Waals surface area contributed by atoms with Crippen molar-refractivity contribution in [2.45, 2.75) is 39.0 Å². The molecule has 1 aliphatic heterocycles. The van der Waals surface area contributed by atoms with Crippen LogP contribution in [0.4, 0.5) is 5.00 Å². The monoisotopic (exact) mass is 336 g/mol. The predicted octanol–water partition coefficient (Wildman–Crippen LogP) is 2.69. The molecule has 0 unspecified atom stereocenters. The van der Waals surface area contributed by atoms with Crippen molar-refractivity contribution in [1.29, 1.82) is 0 Å². The minimum Gasteiger partial charge on any atom is -0.465 e. The van der Waals surface area contributed by atoms with Gasteiger partial charge >= 0.3 is 5.97 Å². The number of rotatable bonds is 4. The van der Waals surface area contributed by atoms with Crippen molar-refractivity contribution in [3.8, 4) is 0 Å². The molecule has 1 aromatic rings. The number of carbonyl (C=O) groups is 2. The number of esters is 1. The Labute approximate surface area is 141 Å². The summed E-state index contributed by atoms with van der Waals surface area (Å²) in [4.78, 5) is 27.8. The molecule has 3 rings (SSSR count). The molecule has 1 amide bonds. The van der Waals surface area contributed by atoms with Crippen molar-refractivity contribution in [3.63, 3.8) is 0 Å². The number of fused-ring (bicyclic) bond motifs is 1. The van der Waals surface area contributed by atoms with Crippen molar-refractivity contribution in [2.75, 3.05) is 32.1 Å². The summed E-state index contributed by atoms with van der Waals surface area (Å²) in [6, 6.07) is 0. The Morgan fingerprint density at radius 2 is 2.04 bits per heavy atom. The topological polar surface area (TPSA) is 58.6 Å². The zero-order chi connectivity index (χ0) is 16.4. The summed E-state index contributed by atoms with van der Waals surface area (Å²) in [6.07, 6.45) is 5.26. The second-order valence-corrected chi connectivity index (χ2v) is 7.67. The number of piperidine rings is 1. The average molecular weight is 336 g/mol. The quantitative estimate of drug-likeness (QED) is 0.859. The first-order valence-corrected chi connectivity index (χ1v) is 9.15. The van der Waals surface area contributed by atoms with Crippen LogP contribution in [0.2, 0.25) is 0 Å². The normalized spacial score (nSPS) is 18.7. The third-order valence-electron chi connectivity index (χ3n) is 4.81. The third kappa shape index (κ3) is 3.58. The van der Waals surface area contributed by atoms with E-state index in [2.05, 4.69) is 17.1 Å². The molecule has 2 heterocycles. The SMILES string of the molecule is COC(=O)c1c(NC(=O)CN2CCC(C)CC2)sc2c1CCC2. The highest BCUT2D eigenvalue weighted by molar-refractivity contribution is 7.17. The minimum atomic E-state index is -0.341. The second kappa shape index (κ2) is 7.01. The molecule has 6 heteroatoms. The van der Waals surface area contributed by atoms with Gasteiger partial charge in [0.05, 0.1) is 19.2 Å². The van der Waals surface area contributed by atoms with Gasteiger partial charge in [-0.05, 0) is 56.7 Å². The van der Waals surface area contributed by atoms with Gasteiger partial charge in [0.25, 0.3) is 0 Å². The van der Waals surface area contributed by atoms with Crippen molar-refractivity contribution >= 4 is 28.2 Å². The largest absolute Gasteiger partial charge is 0.465 e. The van der Waals surface area contributed by atoms with E-state index in [0.29, 0.717) is 17.1 Å². The van der Waals surface area contributed by atoms with E-state index in [9.17, 15) is 9.59 Å². The van der Waals surface area contributed by atoms with Crippen LogP contribution in [-0.2, 0) is 22.4 Å². The van der Waals surface area contributed by atoms with Gasteiger partial charge in [-0.25, -0.2) is 4.79 Å². The number of nitrogens with zero attached hydrogens (tertiary/aromatic N) is 1. The summed E-state index contributed by atoms with van der Waals surface area (Å²) in [7, 11) is 1.39. The molecule has 5 nitrogen and oxygen atoms in total. The summed E-state index contributed by atoms with van der Waals surface area (Å²) in [5, 5.41) is 3.61. The van der Waals surface area contributed by atoms with E-state index in [1.54, 1.807) is 0 Å². The van der Waals surface area contributed by atoms with Gasteiger partial charge in [0, 0.05) is 4.88 Å². The maximum atomic E-state index is 12.4. The lowest BCUT2D eigenvalue weighted by Crippen LogP contribution is -2.38. The Morgan fingerprint density at radius 1 is 1.30 bits per heavy atom. The van der Waals surface area contributed by atoms with Crippen molar-refractivity contribution in [2.24, 2.45) is 5.92 Å². The number of hydrogen-bond acceptors (Lipinski definition) is 5. The molecule has 1 saturated heterocycles. The maximum absolute atomic E-state index is 12.4. The van der Waals surface area contributed by atoms with Gasteiger partial charge in [0.1, 0.15) is 5.00 Å². The molecule has 0 radical (unpaired) electrons. The zero-order valence-corrected chi connectivity index (χ0v) is 14.6. The molecule has 0 bridgehead atoms. The highest BCUT2D eigenvalue weighted by Gasteiger charge is 2.28. The van der Waals surface area contributed by atoms with E-state index in [1.807, 2.05) is 0 Å². The standard InChI is InChI=1S/C17H24N2O3S/c1-11-6-8-19(9-7-11)10-14(20)18-16-15(17(21)22-2)12-4-3-5-13(12)23-16/h11H,3-10H2,1-2H3,(H,18,20). The highest BCUT2D eigenvalue weighted by Crippen LogP contribution is 2.39. The van der Waals surface area contributed by atoms with Gasteiger partial charge in [0.15, 0.2) is 0 Å². The molecule has 0 aromatic carbocycles. The van der Waals surface area contributed by atoms with Crippen molar-refractivity contribution in [3.05, 3.63) is 16.0 Å². The second-order valence-electron chi connectivity index (χ2n) is 6.56. The number of aryl methyl sites for hydroxylation is 1. The Morgan fingerprint density at radius 3 is 2.74 bits per heavy atom. The first kappa shape index (κ1) is 16.5. The summed E-state index contributed by atoms with van der Waals surface area (Å²) < 4.78 is 4.91. The summed E-state index contributed by atoms with van der Waals surface area (Å²) in [5.41, 5.74) is 1.65. The Kier molecular flexibility index (Phi) is 5.02. The maximum Gasteiger partial charge on any atom is 0.341 e. The average Bonchev–Trinajstić information content (AvgIpc) is 3.09. The van der Waals surface area contributed by atoms with Crippen LogP contribution in [0, 0.1) is 5.92 Å². The van der Waals surface area contributed by atoms with E-state index in [4.69, 9.17) is 4.74 Å². The molecule has 2 aliphatic rings. The van der Waals surface area contributed by atoms with Gasteiger partial charge in [-0.15, -0.1) is 11.3 Å². The van der Waals surface area contributed by atoms with Crippen LogP contribution in [0.1, 0.15) is 47.0 Å². The lowest BCUT2D eigenvalue weighted by Gasteiger charge is -2.29. The molecule has 0 spiro atoms. The third-order valence-corrected chi connectivity index (χ3v) is 6.01. The molecule has 1 N–H and O–H groups in total. The number of carbonyl (C=O) groups excluding carboxylic acids is 2. The number of methoxy groups -OCH3 is 1. The first-order chi connectivity index (χ1) is 11.1. The number of amides is 1. The molecular weight excluding hydrogens is 312 g/mol. The summed E-state index contributed by atoms with van der Waals surface area (Å²) in [5.74, 6) is 0.372. The lowest BCUT2D eigenvalue weighted by atomic mass is 9.99. The van der Waals surface area contributed by atoms with Crippen molar-refractivity contribution < 1.29 is 14.3 Å². The number of likely N-dealkylation sites (tertiary alicyclic amines) is 1. The number of hydrogen-bond donors (Lipinski definition) is 1. The van der Waals surface area contributed by atoms with E-state index in [-0.39, 0.29) is 11.9 Å². The molecule has 1 aliphatic carbocycles. The molecule has 1 aromatic heterocycles. The fourth-order valence-electron chi connectivity index (χ4n) is 3.40. The van der Waals surface area contributed by atoms with Crippen LogP contribution >= 0.6 is 11.3 Å². The molecular formula is C17H24N2O3S. The van der Waals surface area contributed by atoms with Gasteiger partial charge in [0.2, 0.25) is 5.91 Å². The van der Waals surface area contributed by atoms with Gasteiger partial charge in [-0.3, -0.25) is 9.69 Å². The first-order valence-electron chi connectivity index (χ1n) is 8.33. The fraction of sp³-hybridized carbons (Fsp3) is 0.647. The lowest BCUT2D eigenvalue weighted by molar-refractivity contribution is -0.117. The van der Waals surface area contributed by atoms with Crippen LogP contribution < -0.4 is 5.32 Å². The number of anilines is 1. The predicted molar refractivity (Wildman–Crippen MR) is 91.2 cm³/mol. The summed E-state index contributed by atoms with van der Waals surface area (Å²) in [6.45, 7) is 4.60. The molecule has 1 fully saturated rings. The van der Waals surface area contributed by atoms with Crippen molar-refractivity contribution in [1.82, 2.24) is 4.90 Å².